The normalized spacial score (nSPS) is 18.7. The van der Waals surface area contributed by atoms with Crippen molar-refractivity contribution in [2.75, 3.05) is 59.4 Å². The minimum atomic E-state index is 0. The molecule has 1 N–H and O–H groups in total. The van der Waals surface area contributed by atoms with E-state index in [2.05, 4.69) is 20.1 Å². The second-order valence-electron chi connectivity index (χ2n) is 6.65. The van der Waals surface area contributed by atoms with Crippen LogP contribution in [-0.2, 0) is 11.2 Å². The number of carbonyl (C=O) groups is 1. The number of hydrogen-bond acceptors (Lipinski definition) is 4. The van der Waals surface area contributed by atoms with Gasteiger partial charge >= 0.3 is 0 Å². The number of aliphatic imine (C=N–C) groups is 1. The fourth-order valence-electron chi connectivity index (χ4n) is 3.46. The molecule has 0 atom stereocenters. The smallest absolute Gasteiger partial charge is 0.236 e. The lowest BCUT2D eigenvalue weighted by Crippen LogP contribution is -2.54. The van der Waals surface area contributed by atoms with Crippen LogP contribution in [0.3, 0.4) is 0 Å². The number of amides is 1. The van der Waals surface area contributed by atoms with Crippen molar-refractivity contribution in [1.82, 2.24) is 20.0 Å². The lowest BCUT2D eigenvalue weighted by atomic mass is 10.3. The molecule has 3 heterocycles. The van der Waals surface area contributed by atoms with Crippen LogP contribution in [0.1, 0.15) is 18.6 Å². The molecule has 2 saturated heterocycles. The van der Waals surface area contributed by atoms with Gasteiger partial charge in [0.15, 0.2) is 5.96 Å². The molecule has 1 aromatic rings. The van der Waals surface area contributed by atoms with Crippen LogP contribution in [0.15, 0.2) is 27.8 Å². The van der Waals surface area contributed by atoms with Crippen LogP contribution in [-0.4, -0.2) is 86.0 Å². The molecule has 0 saturated carbocycles. The molecular weight excluding hydrogens is 445 g/mol. The maximum atomic E-state index is 12.3. The molecule has 2 aliphatic heterocycles. The SMILES string of the molecule is CN=C(NCCc1ccco1)N1CCN(CC(=O)N2CCCC2)CC1.I. The first-order chi connectivity index (χ1) is 12.3. The molecule has 1 aromatic heterocycles. The number of guanidine groups is 1. The van der Waals surface area contributed by atoms with E-state index < -0.39 is 0 Å². The van der Waals surface area contributed by atoms with Crippen molar-refractivity contribution in [2.45, 2.75) is 19.3 Å². The van der Waals surface area contributed by atoms with E-state index in [1.807, 2.05) is 24.1 Å². The number of nitrogens with zero attached hydrogens (tertiary/aromatic N) is 4. The summed E-state index contributed by atoms with van der Waals surface area (Å²) in [6.07, 6.45) is 4.85. The van der Waals surface area contributed by atoms with Crippen LogP contribution in [0.4, 0.5) is 0 Å². The third-order valence-corrected chi connectivity index (χ3v) is 4.94. The molecule has 7 nitrogen and oxygen atoms in total. The van der Waals surface area contributed by atoms with Gasteiger partial charge < -0.3 is 19.5 Å². The van der Waals surface area contributed by atoms with E-state index in [-0.39, 0.29) is 29.9 Å². The number of rotatable bonds is 5. The average molecular weight is 475 g/mol. The standard InChI is InChI=1S/C18H29N5O2.HI/c1-19-18(20-7-6-16-5-4-14-25-16)23-12-10-21(11-13-23)15-17(24)22-8-2-3-9-22;/h4-5,14H,2-3,6-13,15H2,1H3,(H,19,20);1H. The lowest BCUT2D eigenvalue weighted by Gasteiger charge is -2.36. The molecule has 0 spiro atoms. The third-order valence-electron chi connectivity index (χ3n) is 4.94. The summed E-state index contributed by atoms with van der Waals surface area (Å²) < 4.78 is 5.35. The van der Waals surface area contributed by atoms with E-state index in [0.29, 0.717) is 6.54 Å². The molecule has 0 aromatic carbocycles. The number of piperazine rings is 1. The predicted molar refractivity (Wildman–Crippen MR) is 113 cm³/mol. The topological polar surface area (TPSA) is 64.3 Å². The van der Waals surface area contributed by atoms with E-state index in [9.17, 15) is 4.79 Å². The molecular formula is C18H30IN5O2. The van der Waals surface area contributed by atoms with Gasteiger partial charge in [-0.15, -0.1) is 24.0 Å². The van der Waals surface area contributed by atoms with Crippen LogP contribution in [0, 0.1) is 0 Å². The highest BCUT2D eigenvalue weighted by atomic mass is 127. The maximum absolute atomic E-state index is 12.3. The average Bonchev–Trinajstić information content (AvgIpc) is 3.33. The summed E-state index contributed by atoms with van der Waals surface area (Å²) >= 11 is 0. The molecule has 26 heavy (non-hydrogen) atoms. The van der Waals surface area contributed by atoms with Crippen molar-refractivity contribution < 1.29 is 9.21 Å². The summed E-state index contributed by atoms with van der Waals surface area (Å²) in [6, 6.07) is 3.90. The summed E-state index contributed by atoms with van der Waals surface area (Å²) in [4.78, 5) is 23.2. The van der Waals surface area contributed by atoms with Gasteiger partial charge in [0.1, 0.15) is 5.76 Å². The van der Waals surface area contributed by atoms with Crippen LogP contribution < -0.4 is 5.32 Å². The zero-order valence-corrected chi connectivity index (χ0v) is 17.9. The van der Waals surface area contributed by atoms with Gasteiger partial charge in [0.05, 0.1) is 12.8 Å². The summed E-state index contributed by atoms with van der Waals surface area (Å²) in [5.41, 5.74) is 0. The Kier molecular flexibility index (Phi) is 8.70. The molecule has 2 fully saturated rings. The molecule has 146 valence electrons. The van der Waals surface area contributed by atoms with Crippen molar-refractivity contribution >= 4 is 35.8 Å². The number of nitrogens with one attached hydrogen (secondary N) is 1. The highest BCUT2D eigenvalue weighted by molar-refractivity contribution is 14.0. The Hall–Kier alpha value is -1.29. The fourth-order valence-corrected chi connectivity index (χ4v) is 3.46. The van der Waals surface area contributed by atoms with Gasteiger partial charge in [-0.2, -0.15) is 0 Å². The summed E-state index contributed by atoms with van der Waals surface area (Å²) in [7, 11) is 1.82. The first kappa shape index (κ1) is 21.0. The maximum Gasteiger partial charge on any atom is 0.236 e. The van der Waals surface area contributed by atoms with Gasteiger partial charge in [-0.3, -0.25) is 14.7 Å². The predicted octanol–water partition coefficient (Wildman–Crippen LogP) is 1.26. The number of likely N-dealkylation sites (tertiary alicyclic amines) is 1. The number of hydrogen-bond donors (Lipinski definition) is 1. The van der Waals surface area contributed by atoms with Crippen LogP contribution in [0.5, 0.6) is 0 Å². The highest BCUT2D eigenvalue weighted by Crippen LogP contribution is 2.09. The Bertz CT molecular complexity index is 564. The summed E-state index contributed by atoms with van der Waals surface area (Å²) in [5.74, 6) is 2.19. The van der Waals surface area contributed by atoms with Gasteiger partial charge in [-0.25, -0.2) is 0 Å². The Morgan fingerprint density at radius 2 is 1.88 bits per heavy atom. The van der Waals surface area contributed by atoms with Crippen LogP contribution >= 0.6 is 24.0 Å². The van der Waals surface area contributed by atoms with E-state index in [1.165, 1.54) is 0 Å². The number of furan rings is 1. The van der Waals surface area contributed by atoms with Crippen LogP contribution in [0.25, 0.3) is 0 Å². The molecule has 1 amide bonds. The Balaban J connectivity index is 0.00000243. The van der Waals surface area contributed by atoms with Gasteiger partial charge in [-0.05, 0) is 25.0 Å². The van der Waals surface area contributed by atoms with Crippen molar-refractivity contribution in [1.29, 1.82) is 0 Å². The number of carbonyl (C=O) groups excluding carboxylic acids is 1. The van der Waals surface area contributed by atoms with Crippen molar-refractivity contribution in [3.05, 3.63) is 24.2 Å². The Labute approximate surface area is 172 Å². The molecule has 0 aliphatic carbocycles. The van der Waals surface area contributed by atoms with E-state index in [0.717, 1.165) is 76.8 Å². The first-order valence-electron chi connectivity index (χ1n) is 9.24. The molecule has 0 unspecified atom stereocenters. The van der Waals surface area contributed by atoms with Gasteiger partial charge in [0.25, 0.3) is 0 Å². The lowest BCUT2D eigenvalue weighted by molar-refractivity contribution is -0.131. The zero-order chi connectivity index (χ0) is 17.5. The minimum absolute atomic E-state index is 0. The molecule has 0 bridgehead atoms. The van der Waals surface area contributed by atoms with Crippen LogP contribution in [0.2, 0.25) is 0 Å². The quantitative estimate of drug-likeness (QED) is 0.395. The zero-order valence-electron chi connectivity index (χ0n) is 15.5. The second kappa shape index (κ2) is 10.8. The number of halogens is 1. The van der Waals surface area contributed by atoms with Gasteiger partial charge in [0.2, 0.25) is 5.91 Å². The van der Waals surface area contributed by atoms with Crippen molar-refractivity contribution in [3.63, 3.8) is 0 Å². The van der Waals surface area contributed by atoms with E-state index in [1.54, 1.807) is 6.26 Å². The Morgan fingerprint density at radius 1 is 1.15 bits per heavy atom. The van der Waals surface area contributed by atoms with E-state index >= 15 is 0 Å². The molecule has 0 radical (unpaired) electrons. The van der Waals surface area contributed by atoms with Crippen molar-refractivity contribution in [3.8, 4) is 0 Å². The van der Waals surface area contributed by atoms with Crippen molar-refractivity contribution in [2.24, 2.45) is 4.99 Å². The monoisotopic (exact) mass is 475 g/mol. The largest absolute Gasteiger partial charge is 0.469 e. The van der Waals surface area contributed by atoms with E-state index in [4.69, 9.17) is 4.42 Å². The summed E-state index contributed by atoms with van der Waals surface area (Å²) in [6.45, 7) is 6.82. The molecule has 2 aliphatic rings. The fraction of sp³-hybridized carbons (Fsp3) is 0.667. The second-order valence-corrected chi connectivity index (χ2v) is 6.65. The highest BCUT2D eigenvalue weighted by Gasteiger charge is 2.24. The third kappa shape index (κ3) is 5.87. The Morgan fingerprint density at radius 3 is 2.50 bits per heavy atom. The first-order valence-corrected chi connectivity index (χ1v) is 9.24. The molecule has 3 rings (SSSR count). The molecule has 8 heteroatoms. The minimum Gasteiger partial charge on any atom is -0.469 e. The van der Waals surface area contributed by atoms with Gasteiger partial charge in [0, 0.05) is 59.3 Å². The summed E-state index contributed by atoms with van der Waals surface area (Å²) in [5, 5.41) is 3.40. The van der Waals surface area contributed by atoms with Gasteiger partial charge in [-0.1, -0.05) is 0 Å².